The number of nitrogens with one attached hydrogen (secondary N) is 2. The molecular formula is C30H31F2N3O4. The molecular weight excluding hydrogens is 504 g/mol. The smallest absolute Gasteiger partial charge is 0.254 e. The van der Waals surface area contributed by atoms with Crippen molar-refractivity contribution in [1.82, 2.24) is 15.5 Å². The molecule has 0 aliphatic carbocycles. The average Bonchev–Trinajstić information content (AvgIpc) is 3.05. The summed E-state index contributed by atoms with van der Waals surface area (Å²) in [7, 11) is 1.70. The van der Waals surface area contributed by atoms with Gasteiger partial charge in [0.05, 0.1) is 0 Å². The van der Waals surface area contributed by atoms with Crippen LogP contribution in [0.3, 0.4) is 0 Å². The van der Waals surface area contributed by atoms with Crippen molar-refractivity contribution < 1.29 is 28.3 Å². The molecule has 3 aromatic carbocycles. The Morgan fingerprint density at radius 2 is 1.49 bits per heavy atom. The summed E-state index contributed by atoms with van der Waals surface area (Å²) < 4.78 is 27.1. The molecule has 1 aliphatic rings. The molecule has 1 aliphatic heterocycles. The van der Waals surface area contributed by atoms with Gasteiger partial charge in [-0.1, -0.05) is 60.7 Å². The van der Waals surface area contributed by atoms with E-state index in [2.05, 4.69) is 10.6 Å². The van der Waals surface area contributed by atoms with Crippen LogP contribution in [-0.4, -0.2) is 53.4 Å². The summed E-state index contributed by atoms with van der Waals surface area (Å²) in [6, 6.07) is 19.6. The summed E-state index contributed by atoms with van der Waals surface area (Å²) in [4.78, 5) is 40.9. The van der Waals surface area contributed by atoms with Crippen molar-refractivity contribution in [2.45, 2.75) is 43.4 Å². The molecule has 1 saturated heterocycles. The van der Waals surface area contributed by atoms with Gasteiger partial charge >= 0.3 is 0 Å². The van der Waals surface area contributed by atoms with Crippen molar-refractivity contribution in [2.75, 3.05) is 13.6 Å². The van der Waals surface area contributed by atoms with Gasteiger partial charge in [0.25, 0.3) is 5.91 Å². The molecule has 1 heterocycles. The van der Waals surface area contributed by atoms with Crippen LogP contribution in [0.1, 0.15) is 48.0 Å². The molecule has 0 saturated carbocycles. The molecule has 3 amide bonds. The topological polar surface area (TPSA) is 98.7 Å². The molecule has 39 heavy (non-hydrogen) atoms. The van der Waals surface area contributed by atoms with E-state index in [1.807, 2.05) is 60.7 Å². The second-order valence-corrected chi connectivity index (χ2v) is 9.90. The van der Waals surface area contributed by atoms with Gasteiger partial charge in [0.1, 0.15) is 23.7 Å². The molecule has 3 N–H and O–H groups in total. The number of hydrogen-bond acceptors (Lipinski definition) is 4. The van der Waals surface area contributed by atoms with Gasteiger partial charge in [0.15, 0.2) is 6.10 Å². The van der Waals surface area contributed by atoms with Crippen molar-refractivity contribution in [1.29, 1.82) is 0 Å². The number of hydrogen-bond donors (Lipinski definition) is 3. The Kier molecular flexibility index (Phi) is 8.71. The lowest BCUT2D eigenvalue weighted by molar-refractivity contribution is -0.137. The van der Waals surface area contributed by atoms with Crippen LogP contribution < -0.4 is 10.6 Å². The minimum Gasteiger partial charge on any atom is -0.378 e. The largest absolute Gasteiger partial charge is 0.378 e. The van der Waals surface area contributed by atoms with Gasteiger partial charge in [-0.3, -0.25) is 14.4 Å². The number of aliphatic hydroxyl groups is 1. The number of nitrogens with zero attached hydrogens (tertiary/aromatic N) is 1. The number of aliphatic hydroxyl groups excluding tert-OH is 1. The molecule has 0 radical (unpaired) electrons. The molecule has 9 heteroatoms. The highest BCUT2D eigenvalue weighted by Gasteiger charge is 2.39. The fraction of sp³-hybridized carbons (Fsp3) is 0.300. The zero-order chi connectivity index (χ0) is 28.1. The van der Waals surface area contributed by atoms with Crippen molar-refractivity contribution >= 4 is 17.7 Å². The number of halogens is 2. The van der Waals surface area contributed by atoms with Gasteiger partial charge in [0.2, 0.25) is 11.8 Å². The van der Waals surface area contributed by atoms with Crippen LogP contribution in [0, 0.1) is 11.6 Å². The van der Waals surface area contributed by atoms with Gasteiger partial charge in [0, 0.05) is 31.5 Å². The highest BCUT2D eigenvalue weighted by molar-refractivity contribution is 5.93. The molecule has 1 fully saturated rings. The first-order valence-corrected chi connectivity index (χ1v) is 12.7. The van der Waals surface area contributed by atoms with Crippen LogP contribution in [0.4, 0.5) is 8.78 Å². The Morgan fingerprint density at radius 1 is 0.923 bits per heavy atom. The number of carbonyl (C=O) groups is 3. The standard InChI is InChI=1S/C30H31F2N3O4/c1-18(33-29(38)27(36)21-13-23(31)16-24(32)14-21)28(37)34-26-25(20-11-7-4-8-12-20)15-22(17-35(2)30(26)39)19-9-5-3-6-10-19/h3-14,16,18,22,25-27,36H,15,17H2,1-2H3,(H,33,38)(H,34,37)/t18-,22-,25+,26-,27-/m0/s1. The quantitative estimate of drug-likeness (QED) is 0.432. The normalized spacial score (nSPS) is 21.0. The number of carbonyl (C=O) groups excluding carboxylic acids is 3. The van der Waals surface area contributed by atoms with E-state index in [1.165, 1.54) is 6.92 Å². The second kappa shape index (κ2) is 12.2. The maximum Gasteiger partial charge on any atom is 0.254 e. The number of amides is 3. The van der Waals surface area contributed by atoms with Crippen molar-refractivity contribution in [3.05, 3.63) is 107 Å². The van der Waals surface area contributed by atoms with Gasteiger partial charge in [-0.15, -0.1) is 0 Å². The highest BCUT2D eigenvalue weighted by Crippen LogP contribution is 2.36. The SMILES string of the molecule is C[C@H](NC(=O)[C@@H](O)c1cc(F)cc(F)c1)C(=O)N[C@@H]1C(=O)N(C)C[C@@H](c2ccccc2)C[C@@H]1c1ccccc1. The second-order valence-electron chi connectivity index (χ2n) is 9.90. The monoisotopic (exact) mass is 535 g/mol. The molecule has 3 aromatic rings. The number of likely N-dealkylation sites (N-methyl/N-ethyl adjacent to an activating group) is 1. The maximum atomic E-state index is 13.6. The summed E-state index contributed by atoms with van der Waals surface area (Å²) in [6.07, 6.45) is -1.29. The van der Waals surface area contributed by atoms with E-state index >= 15 is 0 Å². The average molecular weight is 536 g/mol. The molecule has 0 aromatic heterocycles. The number of likely N-dealkylation sites (tertiary alicyclic amines) is 1. The van der Waals surface area contributed by atoms with Crippen LogP contribution in [0.15, 0.2) is 78.9 Å². The zero-order valence-electron chi connectivity index (χ0n) is 21.7. The molecule has 4 rings (SSSR count). The van der Waals surface area contributed by atoms with Gasteiger partial charge in [-0.25, -0.2) is 8.78 Å². The predicted octanol–water partition coefficient (Wildman–Crippen LogP) is 3.42. The summed E-state index contributed by atoms with van der Waals surface area (Å²) >= 11 is 0. The Hall–Kier alpha value is -4.11. The van der Waals surface area contributed by atoms with E-state index in [1.54, 1.807) is 11.9 Å². The van der Waals surface area contributed by atoms with Gasteiger partial charge in [-0.05, 0) is 42.2 Å². The van der Waals surface area contributed by atoms with Crippen molar-refractivity contribution in [3.8, 4) is 0 Å². The Balaban J connectivity index is 1.53. The van der Waals surface area contributed by atoms with E-state index in [0.717, 1.165) is 23.3 Å². The first kappa shape index (κ1) is 27.9. The lowest BCUT2D eigenvalue weighted by atomic mass is 9.82. The van der Waals surface area contributed by atoms with E-state index in [-0.39, 0.29) is 23.3 Å². The highest BCUT2D eigenvalue weighted by atomic mass is 19.1. The minimum absolute atomic E-state index is 0.0335. The first-order valence-electron chi connectivity index (χ1n) is 12.7. The molecule has 0 bridgehead atoms. The molecule has 0 spiro atoms. The minimum atomic E-state index is -1.89. The van der Waals surface area contributed by atoms with Crippen LogP contribution in [0.5, 0.6) is 0 Å². The van der Waals surface area contributed by atoms with E-state index in [0.29, 0.717) is 19.0 Å². The third-order valence-electron chi connectivity index (χ3n) is 7.07. The van der Waals surface area contributed by atoms with Gasteiger partial charge in [-0.2, -0.15) is 0 Å². The van der Waals surface area contributed by atoms with E-state index < -0.39 is 41.6 Å². The van der Waals surface area contributed by atoms with Crippen LogP contribution in [0.25, 0.3) is 0 Å². The molecule has 7 nitrogen and oxygen atoms in total. The summed E-state index contributed by atoms with van der Waals surface area (Å²) in [5, 5.41) is 15.5. The number of rotatable bonds is 7. The third kappa shape index (κ3) is 6.67. The predicted molar refractivity (Wildman–Crippen MR) is 141 cm³/mol. The third-order valence-corrected chi connectivity index (χ3v) is 7.07. The van der Waals surface area contributed by atoms with Crippen molar-refractivity contribution in [2.24, 2.45) is 0 Å². The molecule has 5 atom stereocenters. The summed E-state index contributed by atoms with van der Waals surface area (Å²) in [6.45, 7) is 1.88. The lowest BCUT2D eigenvalue weighted by Gasteiger charge is -2.29. The fourth-order valence-corrected chi connectivity index (χ4v) is 5.03. The zero-order valence-corrected chi connectivity index (χ0v) is 21.7. The lowest BCUT2D eigenvalue weighted by Crippen LogP contribution is -2.54. The number of benzene rings is 3. The summed E-state index contributed by atoms with van der Waals surface area (Å²) in [5.41, 5.74) is 1.70. The van der Waals surface area contributed by atoms with Crippen LogP contribution >= 0.6 is 0 Å². The first-order chi connectivity index (χ1) is 18.6. The molecule has 0 unspecified atom stereocenters. The van der Waals surface area contributed by atoms with Crippen LogP contribution in [-0.2, 0) is 14.4 Å². The Bertz CT molecular complexity index is 1300. The Labute approximate surface area is 225 Å². The maximum absolute atomic E-state index is 13.6. The van der Waals surface area contributed by atoms with E-state index in [4.69, 9.17) is 0 Å². The summed E-state index contributed by atoms with van der Waals surface area (Å²) in [5.74, 6) is -4.10. The van der Waals surface area contributed by atoms with Gasteiger partial charge < -0.3 is 20.6 Å². The van der Waals surface area contributed by atoms with E-state index in [9.17, 15) is 28.3 Å². The fourth-order valence-electron chi connectivity index (χ4n) is 5.03. The Morgan fingerprint density at radius 3 is 2.08 bits per heavy atom. The van der Waals surface area contributed by atoms with Crippen molar-refractivity contribution in [3.63, 3.8) is 0 Å². The molecule has 204 valence electrons. The van der Waals surface area contributed by atoms with Crippen LogP contribution in [0.2, 0.25) is 0 Å².